The predicted molar refractivity (Wildman–Crippen MR) is 144 cm³/mol. The molecule has 0 aromatic heterocycles. The average Bonchev–Trinajstić information content (AvgIpc) is 3.17. The van der Waals surface area contributed by atoms with E-state index in [1.54, 1.807) is 30.1 Å². The Balaban J connectivity index is 1.56. The van der Waals surface area contributed by atoms with E-state index in [0.717, 1.165) is 16.8 Å². The van der Waals surface area contributed by atoms with Gasteiger partial charge in [-0.25, -0.2) is 0 Å². The summed E-state index contributed by atoms with van der Waals surface area (Å²) in [5.41, 5.74) is 0.753. The van der Waals surface area contributed by atoms with Gasteiger partial charge in [-0.2, -0.15) is 0 Å². The van der Waals surface area contributed by atoms with Crippen molar-refractivity contribution in [1.29, 1.82) is 0 Å². The number of hydrogen-bond acceptors (Lipinski definition) is 6. The summed E-state index contributed by atoms with van der Waals surface area (Å²) in [6, 6.07) is 13.1. The van der Waals surface area contributed by atoms with E-state index in [9.17, 15) is 19.5 Å². The molecule has 1 spiro atoms. The third kappa shape index (κ3) is 3.62. The summed E-state index contributed by atoms with van der Waals surface area (Å²) in [4.78, 5) is 45.7. The molecule has 2 aromatic carbocycles. The number of nitrogens with zero attached hydrogens (tertiary/aromatic N) is 2. The number of rotatable bonds is 4. The first-order valence-electron chi connectivity index (χ1n) is 13.3. The molecular formula is C31H32N2O6. The highest BCUT2D eigenvalue weighted by atomic mass is 16.6. The molecule has 2 aromatic rings. The fourth-order valence-electron chi connectivity index (χ4n) is 7.09. The van der Waals surface area contributed by atoms with E-state index < -0.39 is 53.6 Å². The standard InChI is InChI=1S/C31H32N2O6/c1-19-10-7-11-20(2)25(19)32-16-8-15-31-23(24-29(37)38-17-9-14-30(24,3)39-31)27(35)33(26(31)28(32)36)22(18-34)21-12-5-4-6-13-21/h4-15,22-24,26,34H,16-18H2,1-3H3/t22-,23+,24+,26?,30-,31+/m1/s1. The van der Waals surface area contributed by atoms with Crippen molar-refractivity contribution in [1.82, 2.24) is 4.90 Å². The lowest BCUT2D eigenvalue weighted by Crippen LogP contribution is -2.57. The van der Waals surface area contributed by atoms with Crippen molar-refractivity contribution in [3.8, 4) is 0 Å². The van der Waals surface area contributed by atoms with E-state index in [1.165, 1.54) is 4.90 Å². The normalized spacial score (nSPS) is 32.3. The number of aryl methyl sites for hydroxylation is 2. The molecule has 4 heterocycles. The Bertz CT molecular complexity index is 1380. The van der Waals surface area contributed by atoms with Crippen LogP contribution in [0, 0.1) is 25.7 Å². The maximum absolute atomic E-state index is 14.7. The highest BCUT2D eigenvalue weighted by molar-refractivity contribution is 6.06. The summed E-state index contributed by atoms with van der Waals surface area (Å²) in [7, 11) is 0. The number of fused-ring (bicyclic) bond motifs is 2. The molecule has 2 fully saturated rings. The van der Waals surface area contributed by atoms with Crippen molar-refractivity contribution >= 4 is 23.5 Å². The summed E-state index contributed by atoms with van der Waals surface area (Å²) in [6.07, 6.45) is 7.15. The van der Waals surface area contributed by atoms with Crippen LogP contribution in [0.5, 0.6) is 0 Å². The second kappa shape index (κ2) is 9.17. The molecule has 202 valence electrons. The molecule has 0 bridgehead atoms. The molecule has 4 aliphatic rings. The van der Waals surface area contributed by atoms with Gasteiger partial charge in [0.2, 0.25) is 5.91 Å². The van der Waals surface area contributed by atoms with E-state index in [2.05, 4.69) is 0 Å². The Labute approximate surface area is 227 Å². The Morgan fingerprint density at radius 1 is 0.949 bits per heavy atom. The van der Waals surface area contributed by atoms with Gasteiger partial charge in [0.25, 0.3) is 5.91 Å². The largest absolute Gasteiger partial charge is 0.461 e. The van der Waals surface area contributed by atoms with Crippen LogP contribution in [0.3, 0.4) is 0 Å². The molecule has 4 aliphatic heterocycles. The second-order valence-corrected chi connectivity index (χ2v) is 11.0. The monoisotopic (exact) mass is 528 g/mol. The second-order valence-electron chi connectivity index (χ2n) is 11.0. The van der Waals surface area contributed by atoms with E-state index in [-0.39, 0.29) is 19.1 Å². The van der Waals surface area contributed by atoms with E-state index in [4.69, 9.17) is 9.47 Å². The van der Waals surface area contributed by atoms with Crippen molar-refractivity contribution in [3.05, 3.63) is 89.5 Å². The number of esters is 1. The summed E-state index contributed by atoms with van der Waals surface area (Å²) in [5.74, 6) is -3.21. The minimum absolute atomic E-state index is 0.0910. The van der Waals surface area contributed by atoms with Gasteiger partial charge in [0.15, 0.2) is 0 Å². The molecule has 1 N–H and O–H groups in total. The molecule has 6 rings (SSSR count). The molecule has 0 saturated carbocycles. The third-order valence-corrected chi connectivity index (χ3v) is 8.65. The topological polar surface area (TPSA) is 96.4 Å². The smallest absolute Gasteiger partial charge is 0.313 e. The number of anilines is 1. The first kappa shape index (κ1) is 25.5. The SMILES string of the molecule is Cc1cccc(C)c1N1CC=C[C@]23O[C@]4(C)C=CCOC(=O)[C@@H]4[C@H]2C(=O)N([C@H](CO)c2ccccc2)C3C1=O. The van der Waals surface area contributed by atoms with Crippen molar-refractivity contribution in [2.24, 2.45) is 11.8 Å². The summed E-state index contributed by atoms with van der Waals surface area (Å²) < 4.78 is 12.2. The van der Waals surface area contributed by atoms with Crippen molar-refractivity contribution in [3.63, 3.8) is 0 Å². The predicted octanol–water partition coefficient (Wildman–Crippen LogP) is 3.02. The number of likely N-dealkylation sites (tertiary alicyclic amines) is 1. The van der Waals surface area contributed by atoms with Gasteiger partial charge < -0.3 is 24.4 Å². The fraction of sp³-hybridized carbons (Fsp3) is 0.387. The first-order valence-corrected chi connectivity index (χ1v) is 13.3. The van der Waals surface area contributed by atoms with Crippen LogP contribution >= 0.6 is 0 Å². The Hall–Kier alpha value is -3.75. The molecular weight excluding hydrogens is 496 g/mol. The van der Waals surface area contributed by atoms with Crippen LogP contribution in [0.15, 0.2) is 72.8 Å². The summed E-state index contributed by atoms with van der Waals surface area (Å²) in [6.45, 7) is 5.64. The van der Waals surface area contributed by atoms with E-state index in [0.29, 0.717) is 5.56 Å². The molecule has 1 unspecified atom stereocenters. The zero-order valence-corrected chi connectivity index (χ0v) is 22.2. The quantitative estimate of drug-likeness (QED) is 0.484. The number of para-hydroxylation sites is 1. The lowest BCUT2D eigenvalue weighted by atomic mass is 9.75. The lowest BCUT2D eigenvalue weighted by molar-refractivity contribution is -0.157. The number of aliphatic hydroxyl groups excluding tert-OH is 1. The van der Waals surface area contributed by atoms with Gasteiger partial charge in [-0.3, -0.25) is 14.4 Å². The third-order valence-electron chi connectivity index (χ3n) is 8.65. The van der Waals surface area contributed by atoms with Crippen LogP contribution in [0.25, 0.3) is 0 Å². The van der Waals surface area contributed by atoms with Crippen LogP contribution in [0.2, 0.25) is 0 Å². The minimum Gasteiger partial charge on any atom is -0.461 e. The number of carbonyl (C=O) groups excluding carboxylic acids is 3. The maximum atomic E-state index is 14.7. The number of cyclic esters (lactones) is 1. The number of hydrogen-bond donors (Lipinski definition) is 1. The molecule has 0 radical (unpaired) electrons. The molecule has 0 aliphatic carbocycles. The molecule has 2 saturated heterocycles. The summed E-state index contributed by atoms with van der Waals surface area (Å²) >= 11 is 0. The zero-order valence-electron chi connectivity index (χ0n) is 22.2. The van der Waals surface area contributed by atoms with Crippen molar-refractivity contribution in [2.45, 2.75) is 44.1 Å². The molecule has 8 nitrogen and oxygen atoms in total. The van der Waals surface area contributed by atoms with Gasteiger partial charge in [0.1, 0.15) is 24.2 Å². The lowest BCUT2D eigenvalue weighted by Gasteiger charge is -2.40. The number of carbonyl (C=O) groups is 3. The highest BCUT2D eigenvalue weighted by Gasteiger charge is 2.75. The van der Waals surface area contributed by atoms with Gasteiger partial charge in [-0.15, -0.1) is 0 Å². The molecule has 39 heavy (non-hydrogen) atoms. The minimum atomic E-state index is -1.43. The van der Waals surface area contributed by atoms with Crippen LogP contribution in [0.1, 0.15) is 29.7 Å². The Morgan fingerprint density at radius 3 is 2.36 bits per heavy atom. The van der Waals surface area contributed by atoms with E-state index in [1.807, 2.05) is 68.5 Å². The fourth-order valence-corrected chi connectivity index (χ4v) is 7.09. The van der Waals surface area contributed by atoms with Crippen molar-refractivity contribution in [2.75, 3.05) is 24.7 Å². The highest BCUT2D eigenvalue weighted by Crippen LogP contribution is 2.58. The van der Waals surface area contributed by atoms with Gasteiger partial charge in [-0.1, -0.05) is 66.8 Å². The van der Waals surface area contributed by atoms with Crippen LogP contribution in [0.4, 0.5) is 5.69 Å². The maximum Gasteiger partial charge on any atom is 0.313 e. The van der Waals surface area contributed by atoms with Gasteiger partial charge >= 0.3 is 5.97 Å². The number of amides is 2. The zero-order chi connectivity index (χ0) is 27.5. The molecule has 8 heteroatoms. The number of ether oxygens (including phenoxy) is 2. The van der Waals surface area contributed by atoms with E-state index >= 15 is 0 Å². The van der Waals surface area contributed by atoms with Gasteiger partial charge in [0.05, 0.1) is 24.2 Å². The first-order chi connectivity index (χ1) is 18.7. The summed E-state index contributed by atoms with van der Waals surface area (Å²) in [5, 5.41) is 10.6. The Kier molecular flexibility index (Phi) is 6.00. The van der Waals surface area contributed by atoms with Gasteiger partial charge in [0, 0.05) is 12.2 Å². The van der Waals surface area contributed by atoms with Crippen LogP contribution in [-0.4, -0.2) is 64.8 Å². The van der Waals surface area contributed by atoms with Crippen molar-refractivity contribution < 1.29 is 29.0 Å². The molecule has 2 amide bonds. The average molecular weight is 529 g/mol. The number of aliphatic hydroxyl groups is 1. The van der Waals surface area contributed by atoms with Gasteiger partial charge in [-0.05, 0) is 43.5 Å². The molecule has 6 atom stereocenters. The Morgan fingerprint density at radius 2 is 1.67 bits per heavy atom. The number of benzene rings is 2. The van der Waals surface area contributed by atoms with Crippen LogP contribution < -0.4 is 4.90 Å². The van der Waals surface area contributed by atoms with Crippen LogP contribution in [-0.2, 0) is 23.9 Å².